The highest BCUT2D eigenvalue weighted by Gasteiger charge is 2.69. The molecule has 1 saturated carbocycles. The van der Waals surface area contributed by atoms with Crippen molar-refractivity contribution in [2.75, 3.05) is 20.3 Å². The Kier molecular flexibility index (Phi) is 7.63. The van der Waals surface area contributed by atoms with Gasteiger partial charge in [-0.3, -0.25) is 0 Å². The number of rotatable bonds is 5. The SMILES string of the molecule is CCOC(C)OCC.CO[C@H]1O[C@@H]2O[C@]3(C)CC[C@H]4[C@H](C)CC[C@@H]([C@H]1C)C24OO3. The van der Waals surface area contributed by atoms with E-state index >= 15 is 0 Å². The zero-order chi connectivity index (χ0) is 21.2. The maximum absolute atomic E-state index is 6.21. The molecule has 0 aromatic heterocycles. The van der Waals surface area contributed by atoms with Crippen LogP contribution in [0.5, 0.6) is 0 Å². The fourth-order valence-corrected chi connectivity index (χ4v) is 5.66. The van der Waals surface area contributed by atoms with Crippen molar-refractivity contribution >= 4 is 0 Å². The first-order valence-electron chi connectivity index (χ1n) is 11.3. The smallest absolute Gasteiger partial charge is 0.201 e. The predicted molar refractivity (Wildman–Crippen MR) is 107 cm³/mol. The topological polar surface area (TPSA) is 64.6 Å². The fourth-order valence-electron chi connectivity index (χ4n) is 5.66. The Morgan fingerprint density at radius 1 is 1.00 bits per heavy atom. The lowest BCUT2D eigenvalue weighted by molar-refractivity contribution is -0.577. The van der Waals surface area contributed by atoms with E-state index in [1.807, 2.05) is 27.7 Å². The van der Waals surface area contributed by atoms with Crippen LogP contribution in [0.2, 0.25) is 0 Å². The van der Waals surface area contributed by atoms with E-state index in [-0.39, 0.29) is 18.5 Å². The Bertz CT molecular complexity index is 525. The lowest BCUT2D eigenvalue weighted by Crippen LogP contribution is -2.70. The second-order valence-electron chi connectivity index (χ2n) is 8.99. The molecule has 5 rings (SSSR count). The molecule has 0 aromatic rings. The molecular weight excluding hydrogens is 376 g/mol. The summed E-state index contributed by atoms with van der Waals surface area (Å²) in [5.74, 6) is 0.953. The van der Waals surface area contributed by atoms with Crippen LogP contribution in [0.3, 0.4) is 0 Å². The van der Waals surface area contributed by atoms with E-state index in [9.17, 15) is 0 Å². The third kappa shape index (κ3) is 4.38. The van der Waals surface area contributed by atoms with E-state index in [0.29, 0.717) is 17.8 Å². The van der Waals surface area contributed by atoms with Crippen LogP contribution in [0, 0.1) is 23.7 Å². The molecule has 4 heterocycles. The first-order valence-corrected chi connectivity index (χ1v) is 11.3. The van der Waals surface area contributed by atoms with Crippen LogP contribution < -0.4 is 0 Å². The maximum Gasteiger partial charge on any atom is 0.201 e. The van der Waals surface area contributed by atoms with E-state index in [0.717, 1.165) is 32.5 Å². The number of hydrogen-bond acceptors (Lipinski definition) is 7. The third-order valence-electron chi connectivity index (χ3n) is 7.13. The number of methoxy groups -OCH3 is 1. The first kappa shape index (κ1) is 23.4. The first-order chi connectivity index (χ1) is 13.8. The minimum absolute atomic E-state index is 0.0370. The van der Waals surface area contributed by atoms with Gasteiger partial charge in [-0.15, -0.1) is 0 Å². The van der Waals surface area contributed by atoms with Gasteiger partial charge in [0.25, 0.3) is 0 Å². The molecular formula is C22H40O7. The Balaban J connectivity index is 0.000000258. The van der Waals surface area contributed by atoms with E-state index in [4.69, 9.17) is 33.5 Å². The molecule has 170 valence electrons. The second kappa shape index (κ2) is 9.47. The van der Waals surface area contributed by atoms with Gasteiger partial charge >= 0.3 is 0 Å². The standard InChI is InChI=1S/C16H26O5.C6H14O2/c1-9-5-6-12-10(2)13(17-4)18-14-16(12)11(9)7-8-15(3,19-14)20-21-16;1-4-7-6(3)8-5-2/h9-14H,5-8H2,1-4H3;6H,4-5H2,1-3H3/t9-,10-,11+,12+,13+,14-,15+,16?;/m1./s1. The van der Waals surface area contributed by atoms with Gasteiger partial charge in [-0.2, -0.15) is 0 Å². The van der Waals surface area contributed by atoms with Gasteiger partial charge in [-0.1, -0.05) is 13.8 Å². The predicted octanol–water partition coefficient (Wildman–Crippen LogP) is 4.25. The number of fused-ring (bicyclic) bond motifs is 2. The lowest BCUT2D eigenvalue weighted by atomic mass is 9.58. The summed E-state index contributed by atoms with van der Waals surface area (Å²) >= 11 is 0. The maximum atomic E-state index is 6.21. The molecule has 0 N–H and O–H groups in total. The van der Waals surface area contributed by atoms with E-state index in [1.165, 1.54) is 6.42 Å². The van der Waals surface area contributed by atoms with Gasteiger partial charge in [-0.05, 0) is 58.8 Å². The van der Waals surface area contributed by atoms with Crippen LogP contribution in [0.4, 0.5) is 0 Å². The minimum atomic E-state index is -0.698. The molecule has 5 fully saturated rings. The molecule has 1 aliphatic carbocycles. The molecule has 0 amide bonds. The molecule has 4 aliphatic heterocycles. The largest absolute Gasteiger partial charge is 0.355 e. The van der Waals surface area contributed by atoms with Gasteiger partial charge in [0.2, 0.25) is 5.79 Å². The van der Waals surface area contributed by atoms with E-state index in [2.05, 4.69) is 13.8 Å². The Hall–Kier alpha value is -0.280. The van der Waals surface area contributed by atoms with Crippen molar-refractivity contribution < 1.29 is 33.5 Å². The summed E-state index contributed by atoms with van der Waals surface area (Å²) in [5.41, 5.74) is -0.470. The highest BCUT2D eigenvalue weighted by molar-refractivity contribution is 5.09. The molecule has 0 radical (unpaired) electrons. The molecule has 1 unspecified atom stereocenters. The molecule has 4 saturated heterocycles. The molecule has 8 atom stereocenters. The van der Waals surface area contributed by atoms with Crippen LogP contribution in [0.15, 0.2) is 0 Å². The van der Waals surface area contributed by atoms with Crippen LogP contribution in [0.1, 0.15) is 67.2 Å². The van der Waals surface area contributed by atoms with Gasteiger partial charge in [0.1, 0.15) is 0 Å². The van der Waals surface area contributed by atoms with Crippen molar-refractivity contribution in [3.63, 3.8) is 0 Å². The summed E-state index contributed by atoms with van der Waals surface area (Å²) in [6.07, 6.45) is 3.60. The van der Waals surface area contributed by atoms with Gasteiger partial charge in [0.05, 0.1) is 0 Å². The molecule has 29 heavy (non-hydrogen) atoms. The summed E-state index contributed by atoms with van der Waals surface area (Å²) in [7, 11) is 1.70. The summed E-state index contributed by atoms with van der Waals surface area (Å²) in [6.45, 7) is 13.7. The Labute approximate surface area is 175 Å². The Morgan fingerprint density at radius 2 is 1.69 bits per heavy atom. The van der Waals surface area contributed by atoms with Crippen molar-refractivity contribution in [2.24, 2.45) is 23.7 Å². The average molecular weight is 417 g/mol. The lowest BCUT2D eigenvalue weighted by Gasteiger charge is -2.60. The molecule has 1 spiro atoms. The van der Waals surface area contributed by atoms with Crippen molar-refractivity contribution in [2.45, 2.75) is 97.5 Å². The van der Waals surface area contributed by atoms with Crippen molar-refractivity contribution in [3.8, 4) is 0 Å². The molecule has 7 heteroatoms. The molecule has 0 aromatic carbocycles. The molecule has 2 bridgehead atoms. The quantitative estimate of drug-likeness (QED) is 0.490. The van der Waals surface area contributed by atoms with E-state index in [1.54, 1.807) is 7.11 Å². The zero-order valence-corrected chi connectivity index (χ0v) is 19.1. The summed E-state index contributed by atoms with van der Waals surface area (Å²) < 4.78 is 28.0. The molecule has 7 nitrogen and oxygen atoms in total. The van der Waals surface area contributed by atoms with Crippen molar-refractivity contribution in [1.82, 2.24) is 0 Å². The third-order valence-corrected chi connectivity index (χ3v) is 7.13. The Morgan fingerprint density at radius 3 is 2.31 bits per heavy atom. The van der Waals surface area contributed by atoms with E-state index < -0.39 is 17.7 Å². The van der Waals surface area contributed by atoms with Gasteiger partial charge in [0, 0.05) is 38.6 Å². The van der Waals surface area contributed by atoms with Crippen LogP contribution in [-0.4, -0.2) is 50.6 Å². The average Bonchev–Trinajstić information content (AvgIpc) is 2.92. The van der Waals surface area contributed by atoms with Gasteiger partial charge in [-0.25, -0.2) is 9.78 Å². The van der Waals surface area contributed by atoms with Crippen LogP contribution >= 0.6 is 0 Å². The molecule has 5 aliphatic rings. The van der Waals surface area contributed by atoms with Gasteiger partial charge in [0.15, 0.2) is 24.5 Å². The highest BCUT2D eigenvalue weighted by Crippen LogP contribution is 2.60. The number of hydrogen-bond donors (Lipinski definition) is 0. The van der Waals surface area contributed by atoms with Crippen molar-refractivity contribution in [1.29, 1.82) is 0 Å². The van der Waals surface area contributed by atoms with Crippen LogP contribution in [-0.2, 0) is 33.5 Å². The van der Waals surface area contributed by atoms with Gasteiger partial charge < -0.3 is 23.7 Å². The summed E-state index contributed by atoms with van der Waals surface area (Å²) in [6, 6.07) is 0. The zero-order valence-electron chi connectivity index (χ0n) is 19.1. The normalized spacial score (nSPS) is 45.9. The second-order valence-corrected chi connectivity index (χ2v) is 8.99. The summed E-state index contributed by atoms with van der Waals surface area (Å²) in [5, 5.41) is 0. The summed E-state index contributed by atoms with van der Waals surface area (Å²) in [4.78, 5) is 11.8. The minimum Gasteiger partial charge on any atom is -0.355 e. The van der Waals surface area contributed by atoms with Crippen LogP contribution in [0.25, 0.3) is 0 Å². The number of ether oxygens (including phenoxy) is 5. The fraction of sp³-hybridized carbons (Fsp3) is 1.00. The van der Waals surface area contributed by atoms with Crippen molar-refractivity contribution in [3.05, 3.63) is 0 Å². The monoisotopic (exact) mass is 416 g/mol. The highest BCUT2D eigenvalue weighted by atomic mass is 17.3.